The van der Waals surface area contributed by atoms with Crippen molar-refractivity contribution < 1.29 is 14.0 Å². The predicted octanol–water partition coefficient (Wildman–Crippen LogP) is 2.41. The zero-order valence-electron chi connectivity index (χ0n) is 17.3. The number of amides is 2. The van der Waals surface area contributed by atoms with Gasteiger partial charge in [-0.25, -0.2) is 4.39 Å². The highest BCUT2D eigenvalue weighted by Gasteiger charge is 2.24. The molecule has 0 atom stereocenters. The summed E-state index contributed by atoms with van der Waals surface area (Å²) in [6.45, 7) is 1.46. The summed E-state index contributed by atoms with van der Waals surface area (Å²) in [5.74, 6) is 0.254. The Morgan fingerprint density at radius 3 is 2.84 bits per heavy atom. The molecule has 0 fully saturated rings. The molecule has 0 bridgehead atoms. The Kier molecular flexibility index (Phi) is 6.75. The number of aryl methyl sites for hydroxylation is 1. The van der Waals surface area contributed by atoms with E-state index in [2.05, 4.69) is 20.5 Å². The van der Waals surface area contributed by atoms with Gasteiger partial charge in [0, 0.05) is 49.9 Å². The monoisotopic (exact) mass is 456 g/mol. The normalized spacial score (nSPS) is 13.4. The second-order valence-electron chi connectivity index (χ2n) is 7.49. The lowest BCUT2D eigenvalue weighted by Gasteiger charge is -2.20. The third kappa shape index (κ3) is 5.11. The van der Waals surface area contributed by atoms with Gasteiger partial charge in [-0.2, -0.15) is 0 Å². The predicted molar refractivity (Wildman–Crippen MR) is 115 cm³/mol. The first-order valence-electron chi connectivity index (χ1n) is 10.3. The molecule has 1 aromatic carbocycles. The van der Waals surface area contributed by atoms with Crippen molar-refractivity contribution in [1.82, 2.24) is 30.0 Å². The number of nitrogens with zero attached hydrogens (tertiary/aromatic N) is 5. The zero-order chi connectivity index (χ0) is 22.5. The number of hydrogen-bond acceptors (Lipinski definition) is 5. The Labute approximate surface area is 189 Å². The van der Waals surface area contributed by atoms with Crippen LogP contribution >= 0.6 is 11.6 Å². The van der Waals surface area contributed by atoms with Crippen molar-refractivity contribution in [2.45, 2.75) is 32.4 Å². The minimum Gasteiger partial charge on any atom is -0.349 e. The summed E-state index contributed by atoms with van der Waals surface area (Å²) in [5, 5.41) is 11.6. The van der Waals surface area contributed by atoms with Gasteiger partial charge < -0.3 is 14.8 Å². The van der Waals surface area contributed by atoms with E-state index in [0.29, 0.717) is 49.7 Å². The molecule has 10 heteroatoms. The standard InChI is InChI=1S/C22H22ClFN6O2/c23-16-4-5-18(24)17(12-16)22(32)29-9-7-19-27-28-20(30(19)11-10-29)14-26-21(31)6-3-15-2-1-8-25-13-15/h1-2,4-5,8,12-13H,3,6-7,9-11,14H2,(H,26,31). The van der Waals surface area contributed by atoms with E-state index in [0.717, 1.165) is 11.4 Å². The van der Waals surface area contributed by atoms with Gasteiger partial charge in [-0.1, -0.05) is 17.7 Å². The van der Waals surface area contributed by atoms with E-state index < -0.39 is 11.7 Å². The molecule has 0 radical (unpaired) electrons. The van der Waals surface area contributed by atoms with Gasteiger partial charge in [0.1, 0.15) is 11.6 Å². The molecule has 0 spiro atoms. The molecule has 32 heavy (non-hydrogen) atoms. The summed E-state index contributed by atoms with van der Waals surface area (Å²) in [4.78, 5) is 30.7. The molecule has 0 saturated heterocycles. The summed E-state index contributed by atoms with van der Waals surface area (Å²) >= 11 is 5.93. The fourth-order valence-corrected chi connectivity index (χ4v) is 3.79. The molecule has 1 aliphatic rings. The summed E-state index contributed by atoms with van der Waals surface area (Å²) in [6.07, 6.45) is 4.87. The molecule has 1 N–H and O–H groups in total. The molecule has 3 heterocycles. The number of aromatic nitrogens is 4. The Morgan fingerprint density at radius 1 is 1.16 bits per heavy atom. The molecule has 4 rings (SSSR count). The van der Waals surface area contributed by atoms with Crippen LogP contribution < -0.4 is 5.32 Å². The highest BCUT2D eigenvalue weighted by molar-refractivity contribution is 6.31. The SMILES string of the molecule is O=C(CCc1cccnc1)NCc1nnc2n1CCN(C(=O)c1cc(Cl)ccc1F)CC2. The first kappa shape index (κ1) is 21.9. The maximum absolute atomic E-state index is 14.1. The van der Waals surface area contributed by atoms with Crippen LogP contribution in [0.15, 0.2) is 42.7 Å². The highest BCUT2D eigenvalue weighted by atomic mass is 35.5. The number of nitrogens with one attached hydrogen (secondary N) is 1. The minimum absolute atomic E-state index is 0.0451. The lowest BCUT2D eigenvalue weighted by atomic mass is 10.1. The summed E-state index contributed by atoms with van der Waals surface area (Å²) in [7, 11) is 0. The quantitative estimate of drug-likeness (QED) is 0.615. The van der Waals surface area contributed by atoms with Gasteiger partial charge in [-0.15, -0.1) is 10.2 Å². The minimum atomic E-state index is -0.599. The lowest BCUT2D eigenvalue weighted by molar-refractivity contribution is -0.121. The van der Waals surface area contributed by atoms with Crippen molar-refractivity contribution in [2.24, 2.45) is 0 Å². The van der Waals surface area contributed by atoms with Crippen LogP contribution in [0.1, 0.15) is 34.0 Å². The van der Waals surface area contributed by atoms with E-state index in [4.69, 9.17) is 11.6 Å². The van der Waals surface area contributed by atoms with Crippen molar-refractivity contribution in [3.8, 4) is 0 Å². The van der Waals surface area contributed by atoms with Crippen molar-refractivity contribution in [1.29, 1.82) is 0 Å². The maximum atomic E-state index is 14.1. The number of halogens is 2. The zero-order valence-corrected chi connectivity index (χ0v) is 18.1. The van der Waals surface area contributed by atoms with Crippen LogP contribution in [0, 0.1) is 5.82 Å². The van der Waals surface area contributed by atoms with Gasteiger partial charge in [0.15, 0.2) is 5.82 Å². The molecule has 0 aliphatic carbocycles. The van der Waals surface area contributed by atoms with Gasteiger partial charge in [0.25, 0.3) is 5.91 Å². The number of benzene rings is 1. The summed E-state index contributed by atoms with van der Waals surface area (Å²) in [5.41, 5.74) is 0.955. The van der Waals surface area contributed by atoms with E-state index in [9.17, 15) is 14.0 Å². The third-order valence-corrected chi connectivity index (χ3v) is 5.59. The molecule has 0 unspecified atom stereocenters. The van der Waals surface area contributed by atoms with E-state index in [-0.39, 0.29) is 18.0 Å². The molecule has 0 saturated carbocycles. The average Bonchev–Trinajstić information content (AvgIpc) is 3.07. The number of pyridine rings is 1. The van der Waals surface area contributed by atoms with Crippen molar-refractivity contribution in [3.05, 3.63) is 76.3 Å². The van der Waals surface area contributed by atoms with Crippen LogP contribution in [0.3, 0.4) is 0 Å². The molecule has 166 valence electrons. The van der Waals surface area contributed by atoms with Crippen molar-refractivity contribution in [3.63, 3.8) is 0 Å². The Balaban J connectivity index is 1.34. The first-order valence-corrected chi connectivity index (χ1v) is 10.7. The summed E-state index contributed by atoms with van der Waals surface area (Å²) in [6, 6.07) is 7.72. The van der Waals surface area contributed by atoms with Crippen LogP contribution in [-0.4, -0.2) is 49.6 Å². The van der Waals surface area contributed by atoms with Crippen LogP contribution in [-0.2, 0) is 30.7 Å². The molecule has 2 amide bonds. The maximum Gasteiger partial charge on any atom is 0.256 e. The van der Waals surface area contributed by atoms with Gasteiger partial charge >= 0.3 is 0 Å². The number of fused-ring (bicyclic) bond motifs is 1. The third-order valence-electron chi connectivity index (χ3n) is 5.36. The molecule has 2 aromatic heterocycles. The molecular formula is C22H22ClFN6O2. The fourth-order valence-electron chi connectivity index (χ4n) is 3.62. The fraction of sp³-hybridized carbons (Fsp3) is 0.318. The van der Waals surface area contributed by atoms with E-state index in [1.54, 1.807) is 17.3 Å². The Bertz CT molecular complexity index is 1120. The van der Waals surface area contributed by atoms with Crippen molar-refractivity contribution >= 4 is 23.4 Å². The number of hydrogen-bond donors (Lipinski definition) is 1. The average molecular weight is 457 g/mol. The van der Waals surface area contributed by atoms with Crippen LogP contribution in [0.2, 0.25) is 5.02 Å². The number of carbonyl (C=O) groups is 2. The largest absolute Gasteiger partial charge is 0.349 e. The molecule has 3 aromatic rings. The lowest BCUT2D eigenvalue weighted by Crippen LogP contribution is -2.34. The second kappa shape index (κ2) is 9.86. The van der Waals surface area contributed by atoms with E-state index in [1.807, 2.05) is 16.7 Å². The second-order valence-corrected chi connectivity index (χ2v) is 7.92. The smallest absolute Gasteiger partial charge is 0.256 e. The highest BCUT2D eigenvalue weighted by Crippen LogP contribution is 2.18. The topological polar surface area (TPSA) is 93.0 Å². The van der Waals surface area contributed by atoms with Gasteiger partial charge in [0.05, 0.1) is 12.1 Å². The van der Waals surface area contributed by atoms with Gasteiger partial charge in [-0.3, -0.25) is 14.6 Å². The first-order chi connectivity index (χ1) is 15.5. The van der Waals surface area contributed by atoms with Crippen LogP contribution in [0.25, 0.3) is 0 Å². The number of rotatable bonds is 6. The Hall–Kier alpha value is -3.33. The summed E-state index contributed by atoms with van der Waals surface area (Å²) < 4.78 is 16.0. The van der Waals surface area contributed by atoms with Crippen LogP contribution in [0.5, 0.6) is 0 Å². The number of carbonyl (C=O) groups excluding carboxylic acids is 2. The van der Waals surface area contributed by atoms with E-state index in [1.165, 1.54) is 18.2 Å². The van der Waals surface area contributed by atoms with Crippen LogP contribution in [0.4, 0.5) is 4.39 Å². The Morgan fingerprint density at radius 2 is 2.03 bits per heavy atom. The molecule has 8 nitrogen and oxygen atoms in total. The van der Waals surface area contributed by atoms with E-state index >= 15 is 0 Å². The molecular weight excluding hydrogens is 435 g/mol. The van der Waals surface area contributed by atoms with Gasteiger partial charge in [0.2, 0.25) is 5.91 Å². The molecule has 1 aliphatic heterocycles. The van der Waals surface area contributed by atoms with Gasteiger partial charge in [-0.05, 0) is 36.2 Å². The van der Waals surface area contributed by atoms with Crippen molar-refractivity contribution in [2.75, 3.05) is 13.1 Å².